The molecule has 0 amide bonds. The lowest BCUT2D eigenvalue weighted by atomic mass is 9.79. The van der Waals surface area contributed by atoms with Crippen molar-refractivity contribution in [1.82, 2.24) is 19.9 Å². The van der Waals surface area contributed by atoms with E-state index in [0.717, 1.165) is 51.1 Å². The van der Waals surface area contributed by atoms with Gasteiger partial charge in [0, 0.05) is 43.4 Å². The Morgan fingerprint density at radius 3 is 2.81 bits per heavy atom. The Labute approximate surface area is 153 Å². The van der Waals surface area contributed by atoms with Gasteiger partial charge in [-0.25, -0.2) is 19.3 Å². The maximum absolute atomic E-state index is 13.1. The predicted molar refractivity (Wildman–Crippen MR) is 96.6 cm³/mol. The molecular weight excluding hydrogens is 333 g/mol. The van der Waals surface area contributed by atoms with Crippen molar-refractivity contribution in [3.8, 4) is 5.88 Å². The van der Waals surface area contributed by atoms with Crippen LogP contribution in [0.4, 0.5) is 10.3 Å². The third-order valence-electron chi connectivity index (χ3n) is 5.51. The monoisotopic (exact) mass is 357 g/mol. The molecule has 0 unspecified atom stereocenters. The zero-order chi connectivity index (χ0) is 18.0. The van der Waals surface area contributed by atoms with Crippen molar-refractivity contribution in [2.75, 3.05) is 38.2 Å². The molecule has 2 aliphatic rings. The molecule has 0 N–H and O–H groups in total. The quantitative estimate of drug-likeness (QED) is 0.838. The summed E-state index contributed by atoms with van der Waals surface area (Å²) in [6, 6.07) is 4.04. The largest absolute Gasteiger partial charge is 0.481 e. The highest BCUT2D eigenvalue weighted by Crippen LogP contribution is 2.40. The fourth-order valence-corrected chi connectivity index (χ4v) is 4.31. The molecule has 26 heavy (non-hydrogen) atoms. The summed E-state index contributed by atoms with van der Waals surface area (Å²) in [6.45, 7) is 4.83. The molecule has 0 saturated carbocycles. The van der Waals surface area contributed by atoms with Crippen LogP contribution < -0.4 is 9.64 Å². The molecule has 0 radical (unpaired) electrons. The Hall–Kier alpha value is -2.28. The standard InChI is InChI=1S/C19H24FN5O/c1-26-17-15(4-2-7-21-17)12-24-9-6-19(13-24)5-3-8-25(14-19)18-22-10-16(20)11-23-18/h2,4,7,10-11H,3,5-6,8-9,12-14H2,1H3/t19-/m1/s1. The van der Waals surface area contributed by atoms with Crippen LogP contribution in [0.2, 0.25) is 0 Å². The number of methoxy groups -OCH3 is 1. The molecule has 0 bridgehead atoms. The summed E-state index contributed by atoms with van der Waals surface area (Å²) in [4.78, 5) is 17.3. The van der Waals surface area contributed by atoms with Crippen molar-refractivity contribution >= 4 is 5.95 Å². The lowest BCUT2D eigenvalue weighted by Gasteiger charge is -2.40. The van der Waals surface area contributed by atoms with Crippen molar-refractivity contribution in [2.24, 2.45) is 5.41 Å². The van der Waals surface area contributed by atoms with Gasteiger partial charge >= 0.3 is 0 Å². The average Bonchev–Trinajstić information content (AvgIpc) is 3.04. The van der Waals surface area contributed by atoms with Gasteiger partial charge in [0.25, 0.3) is 0 Å². The number of aromatic nitrogens is 3. The second kappa shape index (κ2) is 7.15. The maximum Gasteiger partial charge on any atom is 0.225 e. The third kappa shape index (κ3) is 3.49. The van der Waals surface area contributed by atoms with Gasteiger partial charge in [0.2, 0.25) is 11.8 Å². The Morgan fingerprint density at radius 1 is 1.15 bits per heavy atom. The number of rotatable bonds is 4. The maximum atomic E-state index is 13.1. The zero-order valence-corrected chi connectivity index (χ0v) is 15.1. The molecule has 2 aromatic rings. The summed E-state index contributed by atoms with van der Waals surface area (Å²) < 4.78 is 18.5. The normalized spacial score (nSPS) is 23.5. The minimum atomic E-state index is -0.391. The summed E-state index contributed by atoms with van der Waals surface area (Å²) >= 11 is 0. The fourth-order valence-electron chi connectivity index (χ4n) is 4.31. The highest BCUT2D eigenvalue weighted by molar-refractivity contribution is 5.31. The first-order valence-corrected chi connectivity index (χ1v) is 9.10. The van der Waals surface area contributed by atoms with E-state index in [-0.39, 0.29) is 5.41 Å². The van der Waals surface area contributed by atoms with E-state index in [1.807, 2.05) is 6.07 Å². The minimum Gasteiger partial charge on any atom is -0.481 e. The first kappa shape index (κ1) is 17.1. The Balaban J connectivity index is 1.44. The SMILES string of the molecule is COc1ncccc1CN1CC[C@]2(CCCN(c3ncc(F)cn3)C2)C1. The van der Waals surface area contributed by atoms with Crippen LogP contribution in [0.5, 0.6) is 5.88 Å². The molecule has 2 saturated heterocycles. The molecule has 6 nitrogen and oxygen atoms in total. The number of nitrogens with zero attached hydrogens (tertiary/aromatic N) is 5. The fraction of sp³-hybridized carbons (Fsp3) is 0.526. The van der Waals surface area contributed by atoms with E-state index in [1.54, 1.807) is 13.3 Å². The van der Waals surface area contributed by atoms with Crippen LogP contribution in [0.1, 0.15) is 24.8 Å². The number of likely N-dealkylation sites (tertiary alicyclic amines) is 1. The highest BCUT2D eigenvalue weighted by atomic mass is 19.1. The molecule has 0 aliphatic carbocycles. The van der Waals surface area contributed by atoms with Crippen molar-refractivity contribution < 1.29 is 9.13 Å². The Morgan fingerprint density at radius 2 is 2.00 bits per heavy atom. The summed E-state index contributed by atoms with van der Waals surface area (Å²) in [5, 5.41) is 0. The molecule has 4 rings (SSSR count). The Bertz CT molecular complexity index is 756. The number of halogens is 1. The van der Waals surface area contributed by atoms with Gasteiger partial charge in [-0.05, 0) is 31.9 Å². The number of hydrogen-bond acceptors (Lipinski definition) is 6. The van der Waals surface area contributed by atoms with Gasteiger partial charge in [0.05, 0.1) is 19.5 Å². The van der Waals surface area contributed by atoms with Crippen molar-refractivity contribution in [2.45, 2.75) is 25.8 Å². The number of anilines is 1. The molecule has 2 aromatic heterocycles. The van der Waals surface area contributed by atoms with Gasteiger partial charge in [-0.1, -0.05) is 6.07 Å². The van der Waals surface area contributed by atoms with Crippen LogP contribution in [0.15, 0.2) is 30.7 Å². The lowest BCUT2D eigenvalue weighted by Crippen LogP contribution is -2.45. The van der Waals surface area contributed by atoms with E-state index in [1.165, 1.54) is 18.8 Å². The third-order valence-corrected chi connectivity index (χ3v) is 5.51. The van der Waals surface area contributed by atoms with Crippen LogP contribution in [-0.2, 0) is 6.54 Å². The van der Waals surface area contributed by atoms with Gasteiger partial charge in [-0.2, -0.15) is 0 Å². The van der Waals surface area contributed by atoms with E-state index >= 15 is 0 Å². The first-order chi connectivity index (χ1) is 12.7. The highest BCUT2D eigenvalue weighted by Gasteiger charge is 2.42. The minimum absolute atomic E-state index is 0.255. The van der Waals surface area contributed by atoms with E-state index in [0.29, 0.717) is 11.8 Å². The zero-order valence-electron chi connectivity index (χ0n) is 15.1. The van der Waals surface area contributed by atoms with Crippen LogP contribution in [0, 0.1) is 11.2 Å². The summed E-state index contributed by atoms with van der Waals surface area (Å²) in [6.07, 6.45) is 7.75. The van der Waals surface area contributed by atoms with Crippen LogP contribution in [0.25, 0.3) is 0 Å². The molecule has 1 spiro atoms. The molecule has 2 fully saturated rings. The summed E-state index contributed by atoms with van der Waals surface area (Å²) in [7, 11) is 1.67. The molecule has 4 heterocycles. The second-order valence-corrected chi connectivity index (χ2v) is 7.36. The van der Waals surface area contributed by atoms with Crippen LogP contribution in [-0.4, -0.2) is 53.1 Å². The van der Waals surface area contributed by atoms with E-state index in [2.05, 4.69) is 30.8 Å². The van der Waals surface area contributed by atoms with Gasteiger partial charge in [-0.15, -0.1) is 0 Å². The van der Waals surface area contributed by atoms with E-state index in [4.69, 9.17) is 4.74 Å². The topological polar surface area (TPSA) is 54.4 Å². The summed E-state index contributed by atoms with van der Waals surface area (Å²) in [5.41, 5.74) is 1.38. The van der Waals surface area contributed by atoms with E-state index < -0.39 is 5.82 Å². The van der Waals surface area contributed by atoms with Crippen molar-refractivity contribution in [3.63, 3.8) is 0 Å². The molecule has 2 aliphatic heterocycles. The second-order valence-electron chi connectivity index (χ2n) is 7.36. The molecule has 138 valence electrons. The molecule has 1 atom stereocenters. The van der Waals surface area contributed by atoms with Crippen LogP contribution >= 0.6 is 0 Å². The first-order valence-electron chi connectivity index (χ1n) is 9.10. The number of pyridine rings is 1. The smallest absolute Gasteiger partial charge is 0.225 e. The molecular formula is C19H24FN5O. The molecule has 0 aromatic carbocycles. The van der Waals surface area contributed by atoms with Gasteiger partial charge in [0.1, 0.15) is 0 Å². The van der Waals surface area contributed by atoms with Gasteiger partial charge < -0.3 is 9.64 Å². The van der Waals surface area contributed by atoms with Gasteiger partial charge in [0.15, 0.2) is 5.82 Å². The number of hydrogen-bond donors (Lipinski definition) is 0. The summed E-state index contributed by atoms with van der Waals surface area (Å²) in [5.74, 6) is 0.953. The van der Waals surface area contributed by atoms with Gasteiger partial charge in [-0.3, -0.25) is 4.90 Å². The number of ether oxygens (including phenoxy) is 1. The Kier molecular flexibility index (Phi) is 4.72. The lowest BCUT2D eigenvalue weighted by molar-refractivity contribution is 0.214. The van der Waals surface area contributed by atoms with E-state index in [9.17, 15) is 4.39 Å². The predicted octanol–water partition coefficient (Wildman–Crippen LogP) is 2.51. The average molecular weight is 357 g/mol. The van der Waals surface area contributed by atoms with Crippen molar-refractivity contribution in [1.29, 1.82) is 0 Å². The van der Waals surface area contributed by atoms with Crippen molar-refractivity contribution in [3.05, 3.63) is 42.1 Å². The number of piperidine rings is 1. The molecule has 7 heteroatoms. The van der Waals surface area contributed by atoms with Crippen LogP contribution in [0.3, 0.4) is 0 Å².